The Labute approximate surface area is 71.9 Å². The first-order chi connectivity index (χ1) is 5.83. The highest BCUT2D eigenvalue weighted by atomic mass is 16.1. The molecule has 0 aliphatic heterocycles. The van der Waals surface area contributed by atoms with Crippen molar-refractivity contribution in [2.45, 2.75) is 6.42 Å². The molecule has 1 aromatic rings. The van der Waals surface area contributed by atoms with Crippen LogP contribution < -0.4 is 5.32 Å². The van der Waals surface area contributed by atoms with Gasteiger partial charge in [-0.25, -0.2) is 0 Å². The highest BCUT2D eigenvalue weighted by Crippen LogP contribution is 2.08. The molecule has 0 fully saturated rings. The molecule has 0 unspecified atom stereocenters. The first kappa shape index (κ1) is 8.53. The Balaban J connectivity index is 2.52. The molecule has 1 N–H and O–H groups in total. The van der Waals surface area contributed by atoms with Gasteiger partial charge in [0.1, 0.15) is 6.29 Å². The van der Waals surface area contributed by atoms with Crippen LogP contribution in [0.25, 0.3) is 0 Å². The fourth-order valence-electron chi connectivity index (χ4n) is 0.877. The lowest BCUT2D eigenvalue weighted by atomic mass is 10.3. The summed E-state index contributed by atoms with van der Waals surface area (Å²) in [7, 11) is 0. The fraction of sp³-hybridized carbons (Fsp3) is 0.100. The van der Waals surface area contributed by atoms with Crippen molar-refractivity contribution in [2.75, 3.05) is 5.32 Å². The van der Waals surface area contributed by atoms with Crippen LogP contribution in [0.15, 0.2) is 42.6 Å². The van der Waals surface area contributed by atoms with E-state index in [-0.39, 0.29) is 0 Å². The molecule has 0 radical (unpaired) electrons. The van der Waals surface area contributed by atoms with Crippen molar-refractivity contribution in [3.63, 3.8) is 0 Å². The normalized spacial score (nSPS) is 9.00. The molecule has 12 heavy (non-hydrogen) atoms. The minimum Gasteiger partial charge on any atom is -0.359 e. The molecule has 62 valence electrons. The van der Waals surface area contributed by atoms with E-state index in [2.05, 4.69) is 11.9 Å². The van der Waals surface area contributed by atoms with E-state index >= 15 is 0 Å². The average molecular weight is 161 g/mol. The highest BCUT2D eigenvalue weighted by Gasteiger charge is 1.92. The van der Waals surface area contributed by atoms with Gasteiger partial charge in [-0.2, -0.15) is 0 Å². The van der Waals surface area contributed by atoms with Crippen LogP contribution in [-0.4, -0.2) is 6.29 Å². The Morgan fingerprint density at radius 1 is 1.42 bits per heavy atom. The molecule has 0 saturated carbocycles. The molecule has 0 heterocycles. The molecular weight excluding hydrogens is 150 g/mol. The van der Waals surface area contributed by atoms with E-state index < -0.39 is 0 Å². The summed E-state index contributed by atoms with van der Waals surface area (Å²) in [6.45, 7) is 3.70. The minimum absolute atomic E-state index is 0.356. The smallest absolute Gasteiger partial charge is 0.125 e. The average Bonchev–Trinajstić information content (AvgIpc) is 2.06. The molecule has 0 bridgehead atoms. The third kappa shape index (κ3) is 2.58. The Bertz CT molecular complexity index is 266. The van der Waals surface area contributed by atoms with Crippen LogP contribution in [0.3, 0.4) is 0 Å². The maximum Gasteiger partial charge on any atom is 0.125 e. The second kappa shape index (κ2) is 4.34. The van der Waals surface area contributed by atoms with E-state index in [9.17, 15) is 4.79 Å². The van der Waals surface area contributed by atoms with Gasteiger partial charge in [0.05, 0.1) is 0 Å². The standard InChI is InChI=1S/C10H11NO/c1-9(7-8-12)11-10-5-3-2-4-6-10/h2-6,8,11H,1,7H2. The lowest BCUT2D eigenvalue weighted by molar-refractivity contribution is -0.107. The summed E-state index contributed by atoms with van der Waals surface area (Å²) in [5.41, 5.74) is 1.68. The zero-order valence-corrected chi connectivity index (χ0v) is 6.79. The summed E-state index contributed by atoms with van der Waals surface area (Å²) >= 11 is 0. The summed E-state index contributed by atoms with van der Waals surface area (Å²) in [6.07, 6.45) is 1.19. The van der Waals surface area contributed by atoms with Gasteiger partial charge in [-0.3, -0.25) is 0 Å². The number of hydrogen-bond donors (Lipinski definition) is 1. The molecule has 0 atom stereocenters. The molecule has 0 aliphatic carbocycles. The lowest BCUT2D eigenvalue weighted by Gasteiger charge is -2.05. The minimum atomic E-state index is 0.356. The van der Waals surface area contributed by atoms with Crippen LogP contribution in [-0.2, 0) is 4.79 Å². The molecule has 0 aliphatic rings. The van der Waals surface area contributed by atoms with E-state index in [4.69, 9.17) is 0 Å². The number of nitrogens with one attached hydrogen (secondary N) is 1. The largest absolute Gasteiger partial charge is 0.359 e. The van der Waals surface area contributed by atoms with Crippen LogP contribution in [0.4, 0.5) is 5.69 Å². The Morgan fingerprint density at radius 3 is 2.67 bits per heavy atom. The van der Waals surface area contributed by atoms with Crippen molar-refractivity contribution in [3.8, 4) is 0 Å². The number of para-hydroxylation sites is 1. The van der Waals surface area contributed by atoms with Crippen LogP contribution in [0.2, 0.25) is 0 Å². The number of allylic oxidation sites excluding steroid dienone is 1. The quantitative estimate of drug-likeness (QED) is 0.686. The third-order valence-corrected chi connectivity index (χ3v) is 1.42. The van der Waals surface area contributed by atoms with Gasteiger partial charge in [0.2, 0.25) is 0 Å². The van der Waals surface area contributed by atoms with Gasteiger partial charge >= 0.3 is 0 Å². The second-order valence-corrected chi connectivity index (χ2v) is 2.47. The van der Waals surface area contributed by atoms with E-state index in [0.29, 0.717) is 6.42 Å². The second-order valence-electron chi connectivity index (χ2n) is 2.47. The Morgan fingerprint density at radius 2 is 2.08 bits per heavy atom. The first-order valence-corrected chi connectivity index (χ1v) is 3.76. The van der Waals surface area contributed by atoms with Gasteiger partial charge in [-0.05, 0) is 12.1 Å². The van der Waals surface area contributed by atoms with Gasteiger partial charge in [-0.15, -0.1) is 0 Å². The van der Waals surface area contributed by atoms with Crippen molar-refractivity contribution in [1.82, 2.24) is 0 Å². The molecule has 0 saturated heterocycles. The molecule has 1 aromatic carbocycles. The number of aldehydes is 1. The number of carbonyl (C=O) groups is 1. The maximum atomic E-state index is 10.1. The van der Waals surface area contributed by atoms with Crippen LogP contribution in [0.5, 0.6) is 0 Å². The summed E-state index contributed by atoms with van der Waals surface area (Å²) in [4.78, 5) is 10.1. The number of anilines is 1. The molecule has 0 aromatic heterocycles. The number of hydrogen-bond acceptors (Lipinski definition) is 2. The molecule has 0 amide bonds. The fourth-order valence-corrected chi connectivity index (χ4v) is 0.877. The first-order valence-electron chi connectivity index (χ1n) is 3.76. The van der Waals surface area contributed by atoms with Crippen LogP contribution in [0, 0.1) is 0 Å². The van der Waals surface area contributed by atoms with Crippen LogP contribution >= 0.6 is 0 Å². The molecule has 2 nitrogen and oxygen atoms in total. The van der Waals surface area contributed by atoms with Crippen molar-refractivity contribution in [1.29, 1.82) is 0 Å². The number of benzene rings is 1. The monoisotopic (exact) mass is 161 g/mol. The summed E-state index contributed by atoms with van der Waals surface area (Å²) in [6, 6.07) is 9.65. The van der Waals surface area contributed by atoms with Gasteiger partial charge in [0.15, 0.2) is 0 Å². The molecule has 2 heteroatoms. The van der Waals surface area contributed by atoms with Crippen molar-refractivity contribution in [2.24, 2.45) is 0 Å². The molecular formula is C10H11NO. The number of rotatable bonds is 4. The lowest BCUT2D eigenvalue weighted by Crippen LogP contribution is -1.97. The van der Waals surface area contributed by atoms with Gasteiger partial charge in [-0.1, -0.05) is 24.8 Å². The highest BCUT2D eigenvalue weighted by molar-refractivity contribution is 5.58. The van der Waals surface area contributed by atoms with Gasteiger partial charge in [0, 0.05) is 17.8 Å². The third-order valence-electron chi connectivity index (χ3n) is 1.42. The Hall–Kier alpha value is -1.57. The topological polar surface area (TPSA) is 29.1 Å². The van der Waals surface area contributed by atoms with E-state index in [1.54, 1.807) is 0 Å². The Kier molecular flexibility index (Phi) is 3.08. The number of carbonyl (C=O) groups excluding carboxylic acids is 1. The summed E-state index contributed by atoms with van der Waals surface area (Å²) < 4.78 is 0. The van der Waals surface area contributed by atoms with Crippen molar-refractivity contribution >= 4 is 12.0 Å². The van der Waals surface area contributed by atoms with E-state index in [1.807, 2.05) is 30.3 Å². The molecule has 0 spiro atoms. The SMILES string of the molecule is C=C(CC=O)Nc1ccccc1. The van der Waals surface area contributed by atoms with Crippen molar-refractivity contribution in [3.05, 3.63) is 42.6 Å². The zero-order valence-electron chi connectivity index (χ0n) is 6.79. The van der Waals surface area contributed by atoms with E-state index in [0.717, 1.165) is 17.7 Å². The van der Waals surface area contributed by atoms with Crippen molar-refractivity contribution < 1.29 is 4.79 Å². The maximum absolute atomic E-state index is 10.1. The van der Waals surface area contributed by atoms with E-state index in [1.165, 1.54) is 0 Å². The van der Waals surface area contributed by atoms with Gasteiger partial charge in [0.25, 0.3) is 0 Å². The summed E-state index contributed by atoms with van der Waals surface area (Å²) in [5.74, 6) is 0. The predicted molar refractivity (Wildman–Crippen MR) is 49.9 cm³/mol. The molecule has 1 rings (SSSR count). The summed E-state index contributed by atoms with van der Waals surface area (Å²) in [5, 5.41) is 3.02. The predicted octanol–water partition coefficient (Wildman–Crippen LogP) is 2.20. The van der Waals surface area contributed by atoms with Gasteiger partial charge < -0.3 is 10.1 Å². The van der Waals surface area contributed by atoms with Crippen LogP contribution in [0.1, 0.15) is 6.42 Å². The zero-order chi connectivity index (χ0) is 8.81.